The van der Waals surface area contributed by atoms with Crippen molar-refractivity contribution in [2.75, 3.05) is 4.72 Å². The van der Waals surface area contributed by atoms with Crippen LogP contribution in [0.25, 0.3) is 10.4 Å². The molecule has 0 saturated carbocycles. The van der Waals surface area contributed by atoms with E-state index >= 15 is 0 Å². The minimum absolute atomic E-state index is 0.674. The number of hydrogen-bond acceptors (Lipinski definition) is 4. The molecule has 2 aromatic heterocycles. The third-order valence-corrected chi connectivity index (χ3v) is 5.36. The Morgan fingerprint density at radius 2 is 1.90 bits per heavy atom. The minimum atomic E-state index is 0.674. The summed E-state index contributed by atoms with van der Waals surface area (Å²) >= 11 is 9.40. The van der Waals surface area contributed by atoms with Crippen molar-refractivity contribution >= 4 is 40.6 Å². The minimum Gasteiger partial charge on any atom is -0.322 e. The van der Waals surface area contributed by atoms with Gasteiger partial charge in [0.05, 0.1) is 21.1 Å². The van der Waals surface area contributed by atoms with Gasteiger partial charge in [-0.2, -0.15) is 0 Å². The summed E-state index contributed by atoms with van der Waals surface area (Å²) in [6, 6.07) is 14.6. The Hall–Kier alpha value is -1.49. The summed E-state index contributed by atoms with van der Waals surface area (Å²) in [7, 11) is 0. The molecule has 0 aliphatic carbocycles. The highest BCUT2D eigenvalue weighted by molar-refractivity contribution is 8.02. The zero-order valence-corrected chi connectivity index (χ0v) is 13.7. The van der Waals surface area contributed by atoms with E-state index in [2.05, 4.69) is 53.0 Å². The van der Waals surface area contributed by atoms with Crippen LogP contribution in [0.15, 0.2) is 59.1 Å². The molecule has 0 aliphatic heterocycles. The molecule has 2 nitrogen and oxygen atoms in total. The van der Waals surface area contributed by atoms with Gasteiger partial charge in [0.15, 0.2) is 0 Å². The summed E-state index contributed by atoms with van der Waals surface area (Å²) in [4.78, 5) is 5.32. The molecule has 0 spiro atoms. The molecular weight excluding hydrogens is 320 g/mol. The zero-order valence-electron chi connectivity index (χ0n) is 11.3. The van der Waals surface area contributed by atoms with Gasteiger partial charge < -0.3 is 4.72 Å². The van der Waals surface area contributed by atoms with Crippen LogP contribution in [0.1, 0.15) is 5.56 Å². The van der Waals surface area contributed by atoms with Crippen molar-refractivity contribution in [1.82, 2.24) is 4.98 Å². The predicted octanol–water partition coefficient (Wildman–Crippen LogP) is 5.89. The highest BCUT2D eigenvalue weighted by Crippen LogP contribution is 2.35. The molecule has 1 aromatic carbocycles. The summed E-state index contributed by atoms with van der Waals surface area (Å²) in [6.07, 6.45) is 3.41. The summed E-state index contributed by atoms with van der Waals surface area (Å²) < 4.78 is 4.42. The van der Waals surface area contributed by atoms with Crippen LogP contribution in [0.2, 0.25) is 5.02 Å². The number of aryl methyl sites for hydroxylation is 1. The van der Waals surface area contributed by atoms with Crippen molar-refractivity contribution in [2.24, 2.45) is 0 Å². The number of aromatic nitrogens is 1. The molecule has 0 unspecified atom stereocenters. The number of thiophene rings is 1. The zero-order chi connectivity index (χ0) is 14.7. The molecule has 106 valence electrons. The van der Waals surface area contributed by atoms with Gasteiger partial charge in [-0.25, -0.2) is 0 Å². The first-order valence-electron chi connectivity index (χ1n) is 6.41. The van der Waals surface area contributed by atoms with Gasteiger partial charge in [0, 0.05) is 11.1 Å². The van der Waals surface area contributed by atoms with E-state index in [1.54, 1.807) is 41.7 Å². The number of halogens is 1. The Balaban J connectivity index is 1.71. The van der Waals surface area contributed by atoms with E-state index < -0.39 is 0 Å². The van der Waals surface area contributed by atoms with Gasteiger partial charge >= 0.3 is 0 Å². The standard InChI is InChI=1S/C16H13ClN2S2/c1-11-2-4-12(5-3-11)15-6-7-16(20-15)21-19-14-10-18-9-8-13(14)17/h2-10,19H,1H3. The first-order chi connectivity index (χ1) is 10.2. The second-order valence-corrected chi connectivity index (χ2v) is 7.14. The molecule has 0 bridgehead atoms. The maximum atomic E-state index is 6.09. The molecule has 0 aliphatic rings. The fraction of sp³-hybridized carbons (Fsp3) is 0.0625. The highest BCUT2D eigenvalue weighted by Gasteiger charge is 2.05. The second kappa shape index (κ2) is 6.52. The molecule has 0 fully saturated rings. The SMILES string of the molecule is Cc1ccc(-c2ccc(SNc3cnccc3Cl)s2)cc1. The average Bonchev–Trinajstić information content (AvgIpc) is 2.96. The number of rotatable bonds is 4. The Labute approximate surface area is 137 Å². The van der Waals surface area contributed by atoms with Gasteiger partial charge in [0.1, 0.15) is 0 Å². The number of pyridine rings is 1. The van der Waals surface area contributed by atoms with Crippen LogP contribution in [0, 0.1) is 6.92 Å². The summed E-state index contributed by atoms with van der Waals surface area (Å²) in [5.74, 6) is 0. The monoisotopic (exact) mass is 332 g/mol. The lowest BCUT2D eigenvalue weighted by atomic mass is 10.1. The normalized spacial score (nSPS) is 10.6. The van der Waals surface area contributed by atoms with Crippen LogP contribution in [-0.4, -0.2) is 4.98 Å². The number of nitrogens with one attached hydrogen (secondary N) is 1. The summed E-state index contributed by atoms with van der Waals surface area (Å²) in [6.45, 7) is 2.10. The van der Waals surface area contributed by atoms with E-state index in [4.69, 9.17) is 11.6 Å². The maximum absolute atomic E-state index is 6.09. The predicted molar refractivity (Wildman–Crippen MR) is 93.2 cm³/mol. The number of hydrogen-bond donors (Lipinski definition) is 1. The van der Waals surface area contributed by atoms with Crippen LogP contribution < -0.4 is 4.72 Å². The van der Waals surface area contributed by atoms with Crippen molar-refractivity contribution in [2.45, 2.75) is 11.1 Å². The average molecular weight is 333 g/mol. The molecule has 5 heteroatoms. The molecule has 1 N–H and O–H groups in total. The lowest BCUT2D eigenvalue weighted by Crippen LogP contribution is -1.87. The third kappa shape index (κ3) is 3.59. The Bertz CT molecular complexity index is 738. The fourth-order valence-electron chi connectivity index (χ4n) is 1.81. The fourth-order valence-corrected chi connectivity index (χ4v) is 3.83. The first kappa shape index (κ1) is 14.4. The van der Waals surface area contributed by atoms with Gasteiger partial charge in [0.25, 0.3) is 0 Å². The van der Waals surface area contributed by atoms with Crippen LogP contribution in [-0.2, 0) is 0 Å². The molecule has 21 heavy (non-hydrogen) atoms. The molecule has 3 rings (SSSR count). The van der Waals surface area contributed by atoms with E-state index in [-0.39, 0.29) is 0 Å². The summed E-state index contributed by atoms with van der Waals surface area (Å²) in [5.41, 5.74) is 3.35. The lowest BCUT2D eigenvalue weighted by Gasteiger charge is -2.04. The largest absolute Gasteiger partial charge is 0.322 e. The third-order valence-electron chi connectivity index (χ3n) is 2.95. The van der Waals surface area contributed by atoms with E-state index in [9.17, 15) is 0 Å². The van der Waals surface area contributed by atoms with Gasteiger partial charge in [-0.1, -0.05) is 41.4 Å². The first-order valence-corrected chi connectivity index (χ1v) is 8.43. The smallest absolute Gasteiger partial charge is 0.0817 e. The molecule has 0 atom stereocenters. The van der Waals surface area contributed by atoms with Gasteiger partial charge in [-0.15, -0.1) is 11.3 Å². The van der Waals surface area contributed by atoms with Crippen LogP contribution in [0.4, 0.5) is 5.69 Å². The van der Waals surface area contributed by atoms with Crippen LogP contribution >= 0.6 is 34.9 Å². The van der Waals surface area contributed by atoms with E-state index in [1.165, 1.54) is 20.2 Å². The maximum Gasteiger partial charge on any atom is 0.0817 e. The van der Waals surface area contributed by atoms with E-state index in [0.29, 0.717) is 5.02 Å². The molecule has 3 aromatic rings. The molecular formula is C16H13ClN2S2. The van der Waals surface area contributed by atoms with Crippen molar-refractivity contribution in [3.05, 3.63) is 65.4 Å². The Morgan fingerprint density at radius 3 is 2.67 bits per heavy atom. The van der Waals surface area contributed by atoms with Crippen molar-refractivity contribution in [1.29, 1.82) is 0 Å². The van der Waals surface area contributed by atoms with Gasteiger partial charge in [-0.05, 0) is 42.6 Å². The van der Waals surface area contributed by atoms with Crippen molar-refractivity contribution in [3.8, 4) is 10.4 Å². The van der Waals surface area contributed by atoms with Crippen LogP contribution in [0.5, 0.6) is 0 Å². The van der Waals surface area contributed by atoms with Gasteiger partial charge in [-0.3, -0.25) is 4.98 Å². The quantitative estimate of drug-likeness (QED) is 0.603. The highest BCUT2D eigenvalue weighted by atomic mass is 35.5. The van der Waals surface area contributed by atoms with Crippen molar-refractivity contribution < 1.29 is 0 Å². The lowest BCUT2D eigenvalue weighted by molar-refractivity contribution is 1.33. The Kier molecular flexibility index (Phi) is 4.48. The topological polar surface area (TPSA) is 24.9 Å². The molecule has 2 heterocycles. The molecule has 0 radical (unpaired) electrons. The molecule has 0 amide bonds. The van der Waals surface area contributed by atoms with E-state index in [1.807, 2.05) is 0 Å². The van der Waals surface area contributed by atoms with E-state index in [0.717, 1.165) is 5.69 Å². The Morgan fingerprint density at radius 1 is 1.10 bits per heavy atom. The second-order valence-electron chi connectivity index (χ2n) is 4.54. The number of benzene rings is 1. The van der Waals surface area contributed by atoms with Crippen LogP contribution in [0.3, 0.4) is 0 Å². The number of nitrogens with zero attached hydrogens (tertiary/aromatic N) is 1. The number of anilines is 1. The summed E-state index contributed by atoms with van der Waals surface area (Å²) in [5, 5.41) is 0.674. The van der Waals surface area contributed by atoms with Crippen molar-refractivity contribution in [3.63, 3.8) is 0 Å². The van der Waals surface area contributed by atoms with Gasteiger partial charge in [0.2, 0.25) is 0 Å². The molecule has 0 saturated heterocycles.